The molecule has 0 saturated heterocycles. The number of rotatable bonds is 6. The monoisotopic (exact) mass is 272 g/mol. The van der Waals surface area contributed by atoms with Gasteiger partial charge < -0.3 is 24.1 Å². The molecule has 0 aromatic heterocycles. The van der Waals surface area contributed by atoms with Gasteiger partial charge in [0.25, 0.3) is 0 Å². The van der Waals surface area contributed by atoms with Crippen molar-refractivity contribution in [2.45, 2.75) is 25.2 Å². The van der Waals surface area contributed by atoms with E-state index in [0.29, 0.717) is 0 Å². The molecule has 0 spiro atoms. The fourth-order valence-corrected chi connectivity index (χ4v) is 3.01. The first-order valence-corrected chi connectivity index (χ1v) is 6.23. The lowest BCUT2D eigenvalue weighted by Crippen LogP contribution is -2.38. The molecule has 0 heterocycles. The van der Waals surface area contributed by atoms with Crippen LogP contribution in [0.4, 0.5) is 0 Å². The van der Waals surface area contributed by atoms with Crippen LogP contribution in [0.1, 0.15) is 6.92 Å². The van der Waals surface area contributed by atoms with Crippen LogP contribution in [0, 0.1) is 11.8 Å². The van der Waals surface area contributed by atoms with Gasteiger partial charge in [-0.2, -0.15) is 0 Å². The maximum atomic E-state index is 12.0. The molecule has 19 heavy (non-hydrogen) atoms. The molecule has 0 aromatic rings. The summed E-state index contributed by atoms with van der Waals surface area (Å²) < 4.78 is 20.8. The van der Waals surface area contributed by atoms with Crippen LogP contribution in [0.15, 0.2) is 11.6 Å². The first kappa shape index (κ1) is 14.6. The van der Waals surface area contributed by atoms with Gasteiger partial charge in [-0.15, -0.1) is 0 Å². The Bertz CT molecular complexity index is 366. The van der Waals surface area contributed by atoms with E-state index in [1.165, 1.54) is 14.2 Å². The molecule has 0 aliphatic heterocycles. The van der Waals surface area contributed by atoms with E-state index in [-0.39, 0.29) is 25.3 Å². The van der Waals surface area contributed by atoms with Crippen molar-refractivity contribution in [1.29, 1.82) is 0 Å². The predicted octanol–water partition coefficient (Wildman–Crippen LogP) is 0.100. The molecule has 1 fully saturated rings. The minimum atomic E-state index is -0.773. The zero-order valence-electron chi connectivity index (χ0n) is 11.4. The van der Waals surface area contributed by atoms with Gasteiger partial charge >= 0.3 is 0 Å². The first-order valence-electron chi connectivity index (χ1n) is 6.23. The van der Waals surface area contributed by atoms with E-state index in [2.05, 4.69) is 0 Å². The minimum absolute atomic E-state index is 0.0221. The second kappa shape index (κ2) is 6.11. The third-order valence-electron chi connectivity index (χ3n) is 3.75. The average molecular weight is 272 g/mol. The van der Waals surface area contributed by atoms with E-state index >= 15 is 0 Å². The van der Waals surface area contributed by atoms with Crippen LogP contribution in [0.3, 0.4) is 0 Å². The summed E-state index contributed by atoms with van der Waals surface area (Å²) in [5, 5.41) is 10.3. The van der Waals surface area contributed by atoms with Crippen molar-refractivity contribution in [2.75, 3.05) is 27.8 Å². The van der Waals surface area contributed by atoms with E-state index < -0.39 is 24.2 Å². The van der Waals surface area contributed by atoms with Crippen molar-refractivity contribution >= 4 is 5.78 Å². The van der Waals surface area contributed by atoms with Crippen LogP contribution >= 0.6 is 0 Å². The van der Waals surface area contributed by atoms with Gasteiger partial charge in [0, 0.05) is 20.1 Å². The molecule has 2 rings (SSSR count). The maximum absolute atomic E-state index is 12.0. The van der Waals surface area contributed by atoms with Gasteiger partial charge in [0.05, 0.1) is 18.1 Å². The number of allylic oxidation sites excluding steroid dienone is 1. The lowest BCUT2D eigenvalue weighted by atomic mass is 9.93. The second-order valence-corrected chi connectivity index (χ2v) is 4.91. The van der Waals surface area contributed by atoms with Crippen molar-refractivity contribution in [3.8, 4) is 0 Å². The number of carbonyl (C=O) groups excluding carboxylic acids is 1. The maximum Gasteiger partial charge on any atom is 0.162 e. The Morgan fingerprint density at radius 3 is 2.26 bits per heavy atom. The first-order chi connectivity index (χ1) is 9.11. The number of hydrogen-bond acceptors (Lipinski definition) is 6. The smallest absolute Gasteiger partial charge is 0.162 e. The van der Waals surface area contributed by atoms with E-state index in [9.17, 15) is 9.90 Å². The summed E-state index contributed by atoms with van der Waals surface area (Å²) in [6, 6.07) is 0. The van der Waals surface area contributed by atoms with Crippen LogP contribution in [-0.2, 0) is 23.7 Å². The summed E-state index contributed by atoms with van der Waals surface area (Å²) in [6.45, 7) is 1.95. The normalized spacial score (nSPS) is 37.6. The van der Waals surface area contributed by atoms with Gasteiger partial charge in [-0.25, -0.2) is 0 Å². The third kappa shape index (κ3) is 2.59. The molecular formula is C13H20O6. The van der Waals surface area contributed by atoms with Gasteiger partial charge in [0.1, 0.15) is 19.7 Å². The van der Waals surface area contributed by atoms with Crippen LogP contribution in [0.2, 0.25) is 0 Å². The van der Waals surface area contributed by atoms with Crippen molar-refractivity contribution in [1.82, 2.24) is 0 Å². The number of ether oxygens (including phenoxy) is 4. The molecule has 1 saturated carbocycles. The highest BCUT2D eigenvalue weighted by molar-refractivity contribution is 5.96. The largest absolute Gasteiger partial charge is 0.390 e. The second-order valence-electron chi connectivity index (χ2n) is 4.91. The lowest BCUT2D eigenvalue weighted by Gasteiger charge is -2.24. The Morgan fingerprint density at radius 1 is 1.11 bits per heavy atom. The van der Waals surface area contributed by atoms with E-state index in [4.69, 9.17) is 18.9 Å². The molecule has 0 radical (unpaired) electrons. The lowest BCUT2D eigenvalue weighted by molar-refractivity contribution is -0.172. The highest BCUT2D eigenvalue weighted by Crippen LogP contribution is 2.45. The fourth-order valence-electron chi connectivity index (χ4n) is 3.01. The Hall–Kier alpha value is -0.790. The number of carbonyl (C=O) groups is 1. The quantitative estimate of drug-likeness (QED) is 0.691. The topological polar surface area (TPSA) is 74.2 Å². The molecular weight excluding hydrogens is 252 g/mol. The molecule has 0 unspecified atom stereocenters. The third-order valence-corrected chi connectivity index (χ3v) is 3.75. The Morgan fingerprint density at radius 2 is 1.68 bits per heavy atom. The average Bonchev–Trinajstić information content (AvgIpc) is 2.82. The fraction of sp³-hybridized carbons (Fsp3) is 0.769. The summed E-state index contributed by atoms with van der Waals surface area (Å²) in [7, 11) is 3.01. The summed E-state index contributed by atoms with van der Waals surface area (Å²) >= 11 is 0. The predicted molar refractivity (Wildman–Crippen MR) is 65.2 cm³/mol. The summed E-state index contributed by atoms with van der Waals surface area (Å²) in [5.41, 5.74) is 0.872. The van der Waals surface area contributed by atoms with Crippen molar-refractivity contribution in [3.05, 3.63) is 11.6 Å². The molecule has 1 N–H and O–H groups in total. The highest BCUT2D eigenvalue weighted by Gasteiger charge is 2.57. The molecule has 2 aliphatic carbocycles. The summed E-state index contributed by atoms with van der Waals surface area (Å²) in [5.74, 6) is -0.658. The Kier molecular flexibility index (Phi) is 4.70. The van der Waals surface area contributed by atoms with Crippen LogP contribution in [0.25, 0.3) is 0 Å². The van der Waals surface area contributed by atoms with Crippen molar-refractivity contribution in [3.63, 3.8) is 0 Å². The summed E-state index contributed by atoms with van der Waals surface area (Å²) in [6.07, 6.45) is -0.299. The van der Waals surface area contributed by atoms with Gasteiger partial charge in [-0.05, 0) is 13.0 Å². The van der Waals surface area contributed by atoms with E-state index in [1.807, 2.05) is 6.92 Å². The molecule has 2 aliphatic rings. The zero-order chi connectivity index (χ0) is 14.0. The molecule has 6 heteroatoms. The summed E-state index contributed by atoms with van der Waals surface area (Å²) in [4.78, 5) is 12.0. The Balaban J connectivity index is 2.17. The number of aliphatic hydroxyl groups is 1. The van der Waals surface area contributed by atoms with E-state index in [1.54, 1.807) is 6.08 Å². The van der Waals surface area contributed by atoms with Crippen LogP contribution in [0.5, 0.6) is 0 Å². The standard InChI is InChI=1S/C13H20O6/c1-7-4-8(14)10-9(7)11(15)13(19-6-17-3)12(10)18-5-16-2/h4,9-13,15H,5-6H2,1-3H3/t9-,10+,11-,12-,13+/m1/s1. The minimum Gasteiger partial charge on any atom is -0.390 e. The highest BCUT2D eigenvalue weighted by atomic mass is 16.7. The molecule has 0 aromatic carbocycles. The molecule has 5 atom stereocenters. The van der Waals surface area contributed by atoms with Gasteiger partial charge in [0.15, 0.2) is 5.78 Å². The van der Waals surface area contributed by atoms with Crippen molar-refractivity contribution in [2.24, 2.45) is 11.8 Å². The van der Waals surface area contributed by atoms with Gasteiger partial charge in [0.2, 0.25) is 0 Å². The SMILES string of the molecule is COCO[C@H]1[C@H](O)[C@@H]2C(C)=CC(=O)[C@@H]2[C@H]1OCOC. The Labute approximate surface area is 112 Å². The number of ketones is 1. The zero-order valence-corrected chi connectivity index (χ0v) is 11.4. The van der Waals surface area contributed by atoms with E-state index in [0.717, 1.165) is 5.57 Å². The van der Waals surface area contributed by atoms with Gasteiger partial charge in [-0.1, -0.05) is 5.57 Å². The number of hydrogen-bond donors (Lipinski definition) is 1. The molecule has 0 amide bonds. The molecule has 0 bridgehead atoms. The van der Waals surface area contributed by atoms with Crippen LogP contribution in [-0.4, -0.2) is 57.0 Å². The van der Waals surface area contributed by atoms with Crippen molar-refractivity contribution < 1.29 is 28.8 Å². The number of methoxy groups -OCH3 is 2. The number of fused-ring (bicyclic) bond motifs is 1. The number of aliphatic hydroxyl groups excluding tert-OH is 1. The van der Waals surface area contributed by atoms with Gasteiger partial charge in [-0.3, -0.25) is 4.79 Å². The molecule has 6 nitrogen and oxygen atoms in total. The van der Waals surface area contributed by atoms with Crippen LogP contribution < -0.4 is 0 Å². The molecule has 108 valence electrons.